The highest BCUT2D eigenvalue weighted by atomic mass is 127. The van der Waals surface area contributed by atoms with Crippen LogP contribution in [0.3, 0.4) is 0 Å². The molecule has 0 unspecified atom stereocenters. The standard InChI is InChI=1S/C9H6BrIO2/c10-8-5-7(11)3-1-6(8)2-4-9(12)13/h1-5H,(H,12,13)/b4-2+. The Balaban J connectivity index is 2.96. The van der Waals surface area contributed by atoms with Crippen molar-refractivity contribution in [1.29, 1.82) is 0 Å². The maximum Gasteiger partial charge on any atom is 0.328 e. The van der Waals surface area contributed by atoms with Gasteiger partial charge in [0, 0.05) is 14.1 Å². The van der Waals surface area contributed by atoms with Crippen molar-refractivity contribution in [2.75, 3.05) is 0 Å². The van der Waals surface area contributed by atoms with E-state index < -0.39 is 5.97 Å². The van der Waals surface area contributed by atoms with Crippen LogP contribution in [-0.4, -0.2) is 11.1 Å². The van der Waals surface area contributed by atoms with Gasteiger partial charge in [0.15, 0.2) is 0 Å². The Morgan fingerprint density at radius 3 is 2.77 bits per heavy atom. The van der Waals surface area contributed by atoms with Crippen LogP contribution >= 0.6 is 38.5 Å². The lowest BCUT2D eigenvalue weighted by Crippen LogP contribution is -1.86. The van der Waals surface area contributed by atoms with Crippen LogP contribution in [0.1, 0.15) is 5.56 Å². The van der Waals surface area contributed by atoms with Crippen LogP contribution in [0, 0.1) is 3.57 Å². The molecule has 2 nitrogen and oxygen atoms in total. The first kappa shape index (κ1) is 10.7. The predicted molar refractivity (Wildman–Crippen MR) is 63.5 cm³/mol. The van der Waals surface area contributed by atoms with Crippen molar-refractivity contribution >= 4 is 50.6 Å². The third-order valence-electron chi connectivity index (χ3n) is 1.37. The second-order valence-electron chi connectivity index (χ2n) is 2.34. The van der Waals surface area contributed by atoms with E-state index in [1.54, 1.807) is 6.08 Å². The Morgan fingerprint density at radius 1 is 1.54 bits per heavy atom. The Kier molecular flexibility index (Phi) is 3.92. The van der Waals surface area contributed by atoms with Crippen molar-refractivity contribution in [2.45, 2.75) is 0 Å². The maximum atomic E-state index is 10.2. The van der Waals surface area contributed by atoms with Gasteiger partial charge in [0.1, 0.15) is 0 Å². The number of halogens is 2. The van der Waals surface area contributed by atoms with E-state index >= 15 is 0 Å². The fourth-order valence-electron chi connectivity index (χ4n) is 0.798. The molecule has 4 heteroatoms. The Hall–Kier alpha value is -0.360. The van der Waals surface area contributed by atoms with E-state index in [1.807, 2.05) is 18.2 Å². The predicted octanol–water partition coefficient (Wildman–Crippen LogP) is 3.15. The Bertz CT molecular complexity index is 361. The molecule has 0 heterocycles. The van der Waals surface area contributed by atoms with Crippen molar-refractivity contribution in [3.8, 4) is 0 Å². The van der Waals surface area contributed by atoms with Gasteiger partial charge < -0.3 is 5.11 Å². The van der Waals surface area contributed by atoms with E-state index in [4.69, 9.17) is 5.11 Å². The van der Waals surface area contributed by atoms with E-state index in [2.05, 4.69) is 38.5 Å². The fourth-order valence-corrected chi connectivity index (χ4v) is 2.23. The molecule has 0 saturated carbocycles. The largest absolute Gasteiger partial charge is 0.478 e. The highest BCUT2D eigenvalue weighted by molar-refractivity contribution is 14.1. The molecular weight excluding hydrogens is 347 g/mol. The monoisotopic (exact) mass is 352 g/mol. The highest BCUT2D eigenvalue weighted by Gasteiger charge is 1.96. The number of hydrogen-bond acceptors (Lipinski definition) is 1. The average molecular weight is 353 g/mol. The average Bonchev–Trinajstić information content (AvgIpc) is 2.02. The summed E-state index contributed by atoms with van der Waals surface area (Å²) in [6.07, 6.45) is 2.68. The van der Waals surface area contributed by atoms with Crippen molar-refractivity contribution in [1.82, 2.24) is 0 Å². The molecule has 68 valence electrons. The molecule has 0 amide bonds. The zero-order valence-electron chi connectivity index (χ0n) is 6.50. The normalized spacial score (nSPS) is 10.6. The Labute approximate surface area is 97.9 Å². The molecule has 1 N–H and O–H groups in total. The van der Waals surface area contributed by atoms with Crippen molar-refractivity contribution in [2.24, 2.45) is 0 Å². The summed E-state index contributed by atoms with van der Waals surface area (Å²) >= 11 is 5.54. The molecule has 0 atom stereocenters. The molecular formula is C9H6BrIO2. The zero-order valence-corrected chi connectivity index (χ0v) is 10.2. The number of rotatable bonds is 2. The van der Waals surface area contributed by atoms with Crippen LogP contribution in [0.5, 0.6) is 0 Å². The van der Waals surface area contributed by atoms with Crippen molar-refractivity contribution in [3.05, 3.63) is 37.9 Å². The minimum absolute atomic E-state index is 0.864. The highest BCUT2D eigenvalue weighted by Crippen LogP contribution is 2.20. The smallest absolute Gasteiger partial charge is 0.328 e. The SMILES string of the molecule is O=C(O)/C=C/c1ccc(I)cc1Br. The van der Waals surface area contributed by atoms with Crippen molar-refractivity contribution < 1.29 is 9.90 Å². The van der Waals surface area contributed by atoms with Gasteiger partial charge in [0.25, 0.3) is 0 Å². The summed E-state index contributed by atoms with van der Waals surface area (Å²) < 4.78 is 2.01. The molecule has 0 fully saturated rings. The lowest BCUT2D eigenvalue weighted by Gasteiger charge is -1.97. The molecule has 0 aliphatic rings. The van der Waals surface area contributed by atoms with Gasteiger partial charge in [0.2, 0.25) is 0 Å². The van der Waals surface area contributed by atoms with Gasteiger partial charge >= 0.3 is 5.97 Å². The summed E-state index contributed by atoms with van der Waals surface area (Å²) in [4.78, 5) is 10.2. The first-order chi connectivity index (χ1) is 6.09. The lowest BCUT2D eigenvalue weighted by atomic mass is 10.2. The molecule has 0 saturated heterocycles. The van der Waals surface area contributed by atoms with Crippen LogP contribution < -0.4 is 0 Å². The number of carbonyl (C=O) groups is 1. The summed E-state index contributed by atoms with van der Waals surface area (Å²) in [6, 6.07) is 5.72. The maximum absolute atomic E-state index is 10.2. The molecule has 1 aromatic rings. The van der Waals surface area contributed by atoms with Gasteiger partial charge in [-0.05, 0) is 46.4 Å². The quantitative estimate of drug-likeness (QED) is 0.655. The number of aliphatic carboxylic acids is 1. The first-order valence-corrected chi connectivity index (χ1v) is 5.33. The second kappa shape index (κ2) is 4.76. The zero-order chi connectivity index (χ0) is 9.84. The Morgan fingerprint density at radius 2 is 2.23 bits per heavy atom. The number of benzene rings is 1. The van der Waals surface area contributed by atoms with Crippen LogP contribution in [0.25, 0.3) is 6.08 Å². The topological polar surface area (TPSA) is 37.3 Å². The first-order valence-electron chi connectivity index (χ1n) is 3.45. The van der Waals surface area contributed by atoms with Gasteiger partial charge in [-0.1, -0.05) is 22.0 Å². The van der Waals surface area contributed by atoms with Crippen LogP contribution in [-0.2, 0) is 4.79 Å². The van der Waals surface area contributed by atoms with Crippen LogP contribution in [0.2, 0.25) is 0 Å². The minimum atomic E-state index is -0.939. The summed E-state index contributed by atoms with van der Waals surface area (Å²) in [7, 11) is 0. The summed E-state index contributed by atoms with van der Waals surface area (Å²) in [5.74, 6) is -0.939. The van der Waals surface area contributed by atoms with Gasteiger partial charge in [0.05, 0.1) is 0 Å². The molecule has 0 aromatic heterocycles. The van der Waals surface area contributed by atoms with Gasteiger partial charge in [-0.25, -0.2) is 4.79 Å². The molecule has 13 heavy (non-hydrogen) atoms. The van der Waals surface area contributed by atoms with E-state index in [0.717, 1.165) is 19.7 Å². The summed E-state index contributed by atoms with van der Waals surface area (Å²) in [5.41, 5.74) is 0.864. The summed E-state index contributed by atoms with van der Waals surface area (Å²) in [6.45, 7) is 0. The minimum Gasteiger partial charge on any atom is -0.478 e. The molecule has 1 aromatic carbocycles. The van der Waals surface area contributed by atoms with Gasteiger partial charge in [-0.15, -0.1) is 0 Å². The third-order valence-corrected chi connectivity index (χ3v) is 2.73. The van der Waals surface area contributed by atoms with E-state index in [-0.39, 0.29) is 0 Å². The number of carboxylic acids is 1. The number of hydrogen-bond donors (Lipinski definition) is 1. The van der Waals surface area contributed by atoms with Gasteiger partial charge in [-0.2, -0.15) is 0 Å². The molecule has 1 rings (SSSR count). The van der Waals surface area contributed by atoms with E-state index in [9.17, 15) is 4.79 Å². The lowest BCUT2D eigenvalue weighted by molar-refractivity contribution is -0.131. The fraction of sp³-hybridized carbons (Fsp3) is 0. The van der Waals surface area contributed by atoms with Crippen LogP contribution in [0.4, 0.5) is 0 Å². The van der Waals surface area contributed by atoms with Gasteiger partial charge in [-0.3, -0.25) is 0 Å². The molecule has 0 bridgehead atoms. The third kappa shape index (κ3) is 3.48. The second-order valence-corrected chi connectivity index (χ2v) is 4.44. The van der Waals surface area contributed by atoms with Crippen LogP contribution in [0.15, 0.2) is 28.7 Å². The van der Waals surface area contributed by atoms with E-state index in [0.29, 0.717) is 0 Å². The van der Waals surface area contributed by atoms with E-state index in [1.165, 1.54) is 0 Å². The van der Waals surface area contributed by atoms with Crippen molar-refractivity contribution in [3.63, 3.8) is 0 Å². The summed E-state index contributed by atoms with van der Waals surface area (Å²) in [5, 5.41) is 8.42. The molecule has 0 spiro atoms. The molecule has 0 aliphatic heterocycles. The molecule has 0 aliphatic carbocycles. The molecule has 0 radical (unpaired) electrons. The number of carboxylic acid groups (broad SMARTS) is 1.